The largest absolute Gasteiger partial charge is 0.457 e. The van der Waals surface area contributed by atoms with Gasteiger partial charge in [0, 0.05) is 10.4 Å². The van der Waals surface area contributed by atoms with Crippen LogP contribution >= 0.6 is 34.8 Å². The molecule has 5 rings (SSSR count). The third kappa shape index (κ3) is 4.49. The number of hydrogen-bond donors (Lipinski definition) is 0. The highest BCUT2D eigenvalue weighted by atomic mass is 35.5. The van der Waals surface area contributed by atoms with E-state index in [0.29, 0.717) is 27.1 Å². The Kier molecular flexibility index (Phi) is 6.11. The van der Waals surface area contributed by atoms with Gasteiger partial charge in [-0.05, 0) is 71.5 Å². The normalized spacial score (nSPS) is 14.0. The maximum Gasteiger partial charge on any atom is 0.339 e. The minimum atomic E-state index is -0.361. The van der Waals surface area contributed by atoms with Gasteiger partial charge >= 0.3 is 5.97 Å². The molecule has 0 fully saturated rings. The van der Waals surface area contributed by atoms with E-state index in [2.05, 4.69) is 6.08 Å². The van der Waals surface area contributed by atoms with Crippen LogP contribution in [0.25, 0.3) is 22.6 Å². The van der Waals surface area contributed by atoms with Crippen LogP contribution in [0.1, 0.15) is 39.2 Å². The Hall–Kier alpha value is -2.85. The van der Waals surface area contributed by atoms with Gasteiger partial charge < -0.3 is 4.74 Å². The lowest BCUT2D eigenvalue weighted by Gasteiger charge is -2.12. The SMILES string of the molecule is O=C(OCc1cccc(Cl)c1)c1c2c(nc3ccccc13)C(=Cc1ccc(Cl)c(Cl)c1)CC2. The summed E-state index contributed by atoms with van der Waals surface area (Å²) >= 11 is 18.3. The summed E-state index contributed by atoms with van der Waals surface area (Å²) in [4.78, 5) is 18.2. The van der Waals surface area contributed by atoms with E-state index in [4.69, 9.17) is 44.5 Å². The smallest absolute Gasteiger partial charge is 0.339 e. The van der Waals surface area contributed by atoms with E-state index in [-0.39, 0.29) is 12.6 Å². The number of pyridine rings is 1. The van der Waals surface area contributed by atoms with Gasteiger partial charge in [-0.2, -0.15) is 0 Å². The van der Waals surface area contributed by atoms with Gasteiger partial charge in [-0.15, -0.1) is 0 Å². The molecule has 0 N–H and O–H groups in total. The Morgan fingerprint density at radius 2 is 1.79 bits per heavy atom. The van der Waals surface area contributed by atoms with Crippen molar-refractivity contribution in [3.05, 3.63) is 110 Å². The molecule has 0 saturated heterocycles. The third-order valence-corrected chi connectivity index (χ3v) is 6.66. The molecule has 0 radical (unpaired) electrons. The first-order valence-corrected chi connectivity index (χ1v) is 11.6. The molecule has 0 saturated carbocycles. The average Bonchev–Trinajstić information content (AvgIpc) is 3.20. The number of hydrogen-bond acceptors (Lipinski definition) is 3. The molecule has 3 nitrogen and oxygen atoms in total. The average molecular weight is 495 g/mol. The number of nitrogens with zero attached hydrogens (tertiary/aromatic N) is 1. The summed E-state index contributed by atoms with van der Waals surface area (Å²) in [6.45, 7) is 0.150. The molecule has 3 aromatic carbocycles. The van der Waals surface area contributed by atoms with Crippen molar-refractivity contribution >= 4 is 63.3 Å². The zero-order valence-corrected chi connectivity index (χ0v) is 19.7. The Labute approximate surface area is 206 Å². The summed E-state index contributed by atoms with van der Waals surface area (Å²) in [7, 11) is 0. The van der Waals surface area contributed by atoms with Gasteiger partial charge in [0.15, 0.2) is 0 Å². The second-order valence-electron chi connectivity index (χ2n) is 7.88. The van der Waals surface area contributed by atoms with Crippen molar-refractivity contribution in [2.75, 3.05) is 0 Å². The summed E-state index contributed by atoms with van der Waals surface area (Å²) < 4.78 is 5.71. The molecule has 4 aromatic rings. The van der Waals surface area contributed by atoms with Crippen LogP contribution in [-0.4, -0.2) is 11.0 Å². The van der Waals surface area contributed by atoms with Crippen LogP contribution in [0.2, 0.25) is 15.1 Å². The van der Waals surface area contributed by atoms with Crippen LogP contribution in [0.3, 0.4) is 0 Å². The number of allylic oxidation sites excluding steroid dienone is 1. The highest BCUT2D eigenvalue weighted by Crippen LogP contribution is 2.38. The predicted octanol–water partition coefficient (Wildman–Crippen LogP) is 8.04. The van der Waals surface area contributed by atoms with Crippen LogP contribution in [0, 0.1) is 0 Å². The fourth-order valence-corrected chi connectivity index (χ4v) is 4.68. The lowest BCUT2D eigenvalue weighted by Crippen LogP contribution is -2.10. The molecule has 164 valence electrons. The van der Waals surface area contributed by atoms with Gasteiger partial charge in [0.1, 0.15) is 6.61 Å². The van der Waals surface area contributed by atoms with Gasteiger partial charge in [-0.1, -0.05) is 71.2 Å². The molecule has 1 heterocycles. The first kappa shape index (κ1) is 22.0. The summed E-state index contributed by atoms with van der Waals surface area (Å²) in [5.41, 5.74) is 5.91. The first-order chi connectivity index (χ1) is 16.0. The molecule has 1 aliphatic carbocycles. The minimum absolute atomic E-state index is 0.150. The molecule has 0 spiro atoms. The van der Waals surface area contributed by atoms with Gasteiger partial charge in [0.05, 0.1) is 26.8 Å². The standard InChI is InChI=1S/C27H18Cl3NO2/c28-19-5-3-4-17(13-19)15-33-27(32)25-20-6-1-2-7-24(20)31-26-18(9-10-21(25)26)12-16-8-11-22(29)23(30)14-16/h1-8,11-14H,9-10,15H2. The van der Waals surface area contributed by atoms with Gasteiger partial charge in [-0.25, -0.2) is 9.78 Å². The molecule has 1 aliphatic rings. The number of ether oxygens (including phenoxy) is 1. The van der Waals surface area contributed by atoms with Crippen molar-refractivity contribution in [2.45, 2.75) is 19.4 Å². The summed E-state index contributed by atoms with van der Waals surface area (Å²) in [6, 6.07) is 20.5. The number of rotatable bonds is 4. The Morgan fingerprint density at radius 1 is 0.939 bits per heavy atom. The highest BCUT2D eigenvalue weighted by Gasteiger charge is 2.27. The molecular formula is C27H18Cl3NO2. The molecule has 1 aromatic heterocycles. The van der Waals surface area contributed by atoms with E-state index in [9.17, 15) is 4.79 Å². The fraction of sp³-hybridized carbons (Fsp3) is 0.111. The van der Waals surface area contributed by atoms with Gasteiger partial charge in [-0.3, -0.25) is 0 Å². The number of para-hydroxylation sites is 1. The minimum Gasteiger partial charge on any atom is -0.457 e. The van der Waals surface area contributed by atoms with Crippen molar-refractivity contribution < 1.29 is 9.53 Å². The zero-order valence-electron chi connectivity index (χ0n) is 17.4. The van der Waals surface area contributed by atoms with Crippen molar-refractivity contribution in [2.24, 2.45) is 0 Å². The van der Waals surface area contributed by atoms with Crippen LogP contribution in [0.4, 0.5) is 0 Å². The van der Waals surface area contributed by atoms with Gasteiger partial charge in [0.25, 0.3) is 0 Å². The molecule has 0 aliphatic heterocycles. The lowest BCUT2D eigenvalue weighted by molar-refractivity contribution is 0.0474. The number of aromatic nitrogens is 1. The molecule has 0 bridgehead atoms. The number of benzene rings is 3. The molecule has 0 unspecified atom stereocenters. The van der Waals surface area contributed by atoms with Crippen molar-refractivity contribution in [1.82, 2.24) is 4.98 Å². The second-order valence-corrected chi connectivity index (χ2v) is 9.13. The quantitative estimate of drug-likeness (QED) is 0.269. The van der Waals surface area contributed by atoms with Crippen LogP contribution in [0.5, 0.6) is 0 Å². The molecule has 6 heteroatoms. The number of carbonyl (C=O) groups excluding carboxylic acids is 1. The maximum atomic E-state index is 13.3. The van der Waals surface area contributed by atoms with E-state index < -0.39 is 0 Å². The Morgan fingerprint density at radius 3 is 2.61 bits per heavy atom. The van der Waals surface area contributed by atoms with E-state index in [0.717, 1.165) is 45.3 Å². The molecule has 0 amide bonds. The van der Waals surface area contributed by atoms with Crippen molar-refractivity contribution in [3.63, 3.8) is 0 Å². The number of halogens is 3. The number of esters is 1. The van der Waals surface area contributed by atoms with Crippen LogP contribution < -0.4 is 0 Å². The summed E-state index contributed by atoms with van der Waals surface area (Å²) in [5, 5.41) is 2.42. The highest BCUT2D eigenvalue weighted by molar-refractivity contribution is 6.42. The topological polar surface area (TPSA) is 39.2 Å². The second kappa shape index (κ2) is 9.18. The lowest BCUT2D eigenvalue weighted by atomic mass is 10.0. The Bertz CT molecular complexity index is 1430. The third-order valence-electron chi connectivity index (χ3n) is 5.69. The number of fused-ring (bicyclic) bond motifs is 2. The first-order valence-electron chi connectivity index (χ1n) is 10.5. The van der Waals surface area contributed by atoms with Crippen molar-refractivity contribution in [1.29, 1.82) is 0 Å². The summed E-state index contributed by atoms with van der Waals surface area (Å²) in [5.74, 6) is -0.361. The maximum absolute atomic E-state index is 13.3. The zero-order chi connectivity index (χ0) is 22.9. The molecule has 0 atom stereocenters. The predicted molar refractivity (Wildman–Crippen MR) is 135 cm³/mol. The monoisotopic (exact) mass is 493 g/mol. The van der Waals surface area contributed by atoms with E-state index in [1.165, 1.54) is 0 Å². The Balaban J connectivity index is 1.55. The number of carbonyl (C=O) groups is 1. The molecular weight excluding hydrogens is 477 g/mol. The van der Waals surface area contributed by atoms with E-state index in [1.54, 1.807) is 18.2 Å². The van der Waals surface area contributed by atoms with Crippen LogP contribution in [-0.2, 0) is 17.8 Å². The fourth-order valence-electron chi connectivity index (χ4n) is 4.16. The van der Waals surface area contributed by atoms with Crippen molar-refractivity contribution in [3.8, 4) is 0 Å². The van der Waals surface area contributed by atoms with Crippen LogP contribution in [0.15, 0.2) is 66.7 Å². The van der Waals surface area contributed by atoms with Gasteiger partial charge in [0.2, 0.25) is 0 Å². The van der Waals surface area contributed by atoms with E-state index in [1.807, 2.05) is 48.5 Å². The van der Waals surface area contributed by atoms with E-state index >= 15 is 0 Å². The summed E-state index contributed by atoms with van der Waals surface area (Å²) in [6.07, 6.45) is 3.53. The molecule has 33 heavy (non-hydrogen) atoms.